The Morgan fingerprint density at radius 1 is 0.826 bits per heavy atom. The summed E-state index contributed by atoms with van der Waals surface area (Å²) in [5.74, 6) is 0. The first-order chi connectivity index (χ1) is 10.6. The van der Waals surface area contributed by atoms with E-state index in [0.717, 1.165) is 12.1 Å². The maximum Gasteiger partial charge on any atom is 0.416 e. The van der Waals surface area contributed by atoms with Gasteiger partial charge in [-0.1, -0.05) is 0 Å². The third-order valence-corrected chi connectivity index (χ3v) is 5.19. The predicted molar refractivity (Wildman–Crippen MR) is 75.4 cm³/mol. The number of aryl methyl sites for hydroxylation is 1. The fourth-order valence-corrected chi connectivity index (χ4v) is 3.78. The van der Waals surface area contributed by atoms with Gasteiger partial charge in [-0.3, -0.25) is 0 Å². The van der Waals surface area contributed by atoms with Gasteiger partial charge in [0.2, 0.25) is 0 Å². The molecule has 0 heterocycles. The van der Waals surface area contributed by atoms with Gasteiger partial charge >= 0.3 is 21.6 Å². The highest BCUT2D eigenvalue weighted by atomic mass is 28.3. The van der Waals surface area contributed by atoms with Crippen LogP contribution in [-0.2, 0) is 27.6 Å². The van der Waals surface area contributed by atoms with Gasteiger partial charge in [-0.25, -0.2) is 0 Å². The van der Waals surface area contributed by atoms with Crippen molar-refractivity contribution in [2.45, 2.75) is 38.7 Å². The van der Waals surface area contributed by atoms with E-state index in [-0.39, 0.29) is 18.1 Å². The minimum Gasteiger partial charge on any atom is -0.397 e. The van der Waals surface area contributed by atoms with Crippen molar-refractivity contribution in [1.29, 1.82) is 0 Å². The Balaban J connectivity index is 3.01. The number of halogens is 6. The van der Waals surface area contributed by atoms with E-state index in [0.29, 0.717) is 19.3 Å². The number of benzene rings is 1. The maximum absolute atomic E-state index is 12.8. The normalized spacial score (nSPS) is 12.9. The lowest BCUT2D eigenvalue weighted by atomic mass is 10.0. The van der Waals surface area contributed by atoms with Gasteiger partial charge in [-0.2, -0.15) is 26.3 Å². The van der Waals surface area contributed by atoms with Crippen molar-refractivity contribution in [2.24, 2.45) is 0 Å². The molecule has 0 atom stereocenters. The molecule has 1 aromatic rings. The molecule has 0 unspecified atom stereocenters. The van der Waals surface area contributed by atoms with Crippen LogP contribution < -0.4 is 0 Å². The van der Waals surface area contributed by atoms with E-state index in [2.05, 4.69) is 0 Å². The fraction of sp³-hybridized carbons (Fsp3) is 0.571. The van der Waals surface area contributed by atoms with Crippen molar-refractivity contribution in [3.8, 4) is 0 Å². The highest BCUT2D eigenvalue weighted by Crippen LogP contribution is 2.36. The minimum absolute atomic E-state index is 0.0240. The molecule has 1 aromatic carbocycles. The predicted octanol–water partition coefficient (Wildman–Crippen LogP) is 4.56. The van der Waals surface area contributed by atoms with E-state index in [1.54, 1.807) is 13.8 Å². The molecule has 0 aromatic heterocycles. The zero-order chi connectivity index (χ0) is 17.7. The Morgan fingerprint density at radius 2 is 1.26 bits per heavy atom. The average molecular weight is 360 g/mol. The van der Waals surface area contributed by atoms with Crippen LogP contribution in [0.2, 0.25) is 6.04 Å². The van der Waals surface area contributed by atoms with E-state index < -0.39 is 32.8 Å². The van der Waals surface area contributed by atoms with Crippen molar-refractivity contribution in [3.05, 3.63) is 34.9 Å². The zero-order valence-electron chi connectivity index (χ0n) is 12.7. The van der Waals surface area contributed by atoms with Crippen LogP contribution in [0.3, 0.4) is 0 Å². The molecule has 0 aliphatic rings. The summed E-state index contributed by atoms with van der Waals surface area (Å²) in [6.07, 6.45) is -9.61. The number of alkyl halides is 6. The SMILES string of the molecule is CCO[SiH](CCc1cc(C(F)(F)F)cc(C(F)(F)F)c1)OCC. The number of rotatable bonds is 7. The van der Waals surface area contributed by atoms with Crippen LogP contribution in [0.25, 0.3) is 0 Å². The Morgan fingerprint density at radius 3 is 1.61 bits per heavy atom. The Kier molecular flexibility index (Phi) is 7.09. The standard InChI is InChI=1S/C14H18F6O2Si/c1-3-21-23(22-4-2)6-5-10-7-11(13(15,16)17)9-12(8-10)14(18,19)20/h7-9,23H,3-6H2,1-2H3. The summed E-state index contributed by atoms with van der Waals surface area (Å²) in [4.78, 5) is 0. The molecule has 0 aliphatic heterocycles. The Labute approximate surface area is 132 Å². The van der Waals surface area contributed by atoms with Crippen molar-refractivity contribution in [2.75, 3.05) is 13.2 Å². The van der Waals surface area contributed by atoms with Gasteiger partial charge in [0, 0.05) is 13.2 Å². The van der Waals surface area contributed by atoms with Gasteiger partial charge < -0.3 is 8.85 Å². The number of hydrogen-bond donors (Lipinski definition) is 0. The molecule has 0 amide bonds. The Hall–Kier alpha value is -1.06. The van der Waals surface area contributed by atoms with Crippen molar-refractivity contribution >= 4 is 9.28 Å². The Bertz CT molecular complexity index is 463. The fourth-order valence-electron chi connectivity index (χ4n) is 2.03. The van der Waals surface area contributed by atoms with Crippen LogP contribution in [0.5, 0.6) is 0 Å². The summed E-state index contributed by atoms with van der Waals surface area (Å²) < 4.78 is 87.4. The average Bonchev–Trinajstić information content (AvgIpc) is 2.43. The molecule has 0 N–H and O–H groups in total. The lowest BCUT2D eigenvalue weighted by Crippen LogP contribution is -2.23. The van der Waals surface area contributed by atoms with Gasteiger partial charge in [0.1, 0.15) is 0 Å². The quantitative estimate of drug-likeness (QED) is 0.524. The molecule has 9 heteroatoms. The van der Waals surface area contributed by atoms with Gasteiger partial charge in [0.15, 0.2) is 0 Å². The maximum atomic E-state index is 12.8. The van der Waals surface area contributed by atoms with Crippen LogP contribution in [0.1, 0.15) is 30.5 Å². The molecule has 0 saturated carbocycles. The molecule has 1 rings (SSSR count). The molecular formula is C14H18F6O2Si. The molecule has 0 radical (unpaired) electrons. The molecular weight excluding hydrogens is 342 g/mol. The molecule has 0 saturated heterocycles. The summed E-state index contributed by atoms with van der Waals surface area (Å²) in [5, 5.41) is 0. The first-order valence-corrected chi connectivity index (χ1v) is 8.85. The summed E-state index contributed by atoms with van der Waals surface area (Å²) in [6, 6.07) is 1.93. The molecule has 0 bridgehead atoms. The van der Waals surface area contributed by atoms with Crippen LogP contribution in [0.15, 0.2) is 18.2 Å². The lowest BCUT2D eigenvalue weighted by molar-refractivity contribution is -0.143. The molecule has 0 spiro atoms. The van der Waals surface area contributed by atoms with Crippen LogP contribution >= 0.6 is 0 Å². The summed E-state index contributed by atoms with van der Waals surface area (Å²) in [7, 11) is -2.08. The highest BCUT2D eigenvalue weighted by Gasteiger charge is 2.36. The van der Waals surface area contributed by atoms with E-state index in [9.17, 15) is 26.3 Å². The van der Waals surface area contributed by atoms with Gasteiger partial charge in [-0.15, -0.1) is 0 Å². The molecule has 0 aliphatic carbocycles. The second-order valence-electron chi connectivity index (χ2n) is 4.79. The van der Waals surface area contributed by atoms with Crippen LogP contribution in [-0.4, -0.2) is 22.5 Å². The van der Waals surface area contributed by atoms with Crippen molar-refractivity contribution < 1.29 is 35.2 Å². The lowest BCUT2D eigenvalue weighted by Gasteiger charge is -2.17. The minimum atomic E-state index is -4.83. The second kappa shape index (κ2) is 8.16. The van der Waals surface area contributed by atoms with E-state index in [1.165, 1.54) is 0 Å². The van der Waals surface area contributed by atoms with Crippen molar-refractivity contribution in [1.82, 2.24) is 0 Å². The summed E-state index contributed by atoms with van der Waals surface area (Å²) >= 11 is 0. The van der Waals surface area contributed by atoms with Gasteiger partial charge in [0.05, 0.1) is 11.1 Å². The summed E-state index contributed by atoms with van der Waals surface area (Å²) in [6.45, 7) is 4.30. The van der Waals surface area contributed by atoms with E-state index in [1.807, 2.05) is 0 Å². The third kappa shape index (κ3) is 6.52. The molecule has 132 valence electrons. The van der Waals surface area contributed by atoms with E-state index >= 15 is 0 Å². The zero-order valence-corrected chi connectivity index (χ0v) is 13.9. The highest BCUT2D eigenvalue weighted by molar-refractivity contribution is 6.44. The van der Waals surface area contributed by atoms with Crippen LogP contribution in [0.4, 0.5) is 26.3 Å². The molecule has 0 fully saturated rings. The first-order valence-electron chi connectivity index (χ1n) is 7.09. The topological polar surface area (TPSA) is 18.5 Å². The number of hydrogen-bond acceptors (Lipinski definition) is 2. The van der Waals surface area contributed by atoms with E-state index in [4.69, 9.17) is 8.85 Å². The summed E-state index contributed by atoms with van der Waals surface area (Å²) in [5.41, 5.74) is -2.62. The molecule has 2 nitrogen and oxygen atoms in total. The third-order valence-electron chi connectivity index (χ3n) is 3.02. The van der Waals surface area contributed by atoms with Gasteiger partial charge in [-0.05, 0) is 50.1 Å². The second-order valence-corrected chi connectivity index (χ2v) is 6.90. The van der Waals surface area contributed by atoms with Gasteiger partial charge in [0.25, 0.3) is 0 Å². The van der Waals surface area contributed by atoms with Crippen LogP contribution in [0, 0.1) is 0 Å². The first kappa shape index (κ1) is 20.0. The van der Waals surface area contributed by atoms with Crippen molar-refractivity contribution in [3.63, 3.8) is 0 Å². The molecule has 23 heavy (non-hydrogen) atoms. The smallest absolute Gasteiger partial charge is 0.397 e. The largest absolute Gasteiger partial charge is 0.416 e. The monoisotopic (exact) mass is 360 g/mol.